The Balaban J connectivity index is 1.96. The van der Waals surface area contributed by atoms with Gasteiger partial charge < -0.3 is 5.73 Å². The highest BCUT2D eigenvalue weighted by Gasteiger charge is 2.26. The average Bonchev–Trinajstić information content (AvgIpc) is 2.54. The van der Waals surface area contributed by atoms with E-state index in [1.165, 1.54) is 0 Å². The topological polar surface area (TPSA) is 93.8 Å². The Bertz CT molecular complexity index is 483. The van der Waals surface area contributed by atoms with Crippen molar-refractivity contribution in [1.82, 2.24) is 15.2 Å². The van der Waals surface area contributed by atoms with Crippen molar-refractivity contribution in [2.45, 2.75) is 52.4 Å². The van der Waals surface area contributed by atoms with Crippen LogP contribution < -0.4 is 11.1 Å². The molecule has 6 nitrogen and oxygen atoms in total. The molecule has 1 amide bonds. The number of carbonyl (C=O) groups excluding carboxylic acids is 1. The molecule has 0 radical (unpaired) electrons. The summed E-state index contributed by atoms with van der Waals surface area (Å²) in [5.74, 6) is 0.961. The van der Waals surface area contributed by atoms with Gasteiger partial charge in [-0.25, -0.2) is 4.98 Å². The Morgan fingerprint density at radius 3 is 2.38 bits per heavy atom. The summed E-state index contributed by atoms with van der Waals surface area (Å²) in [6, 6.07) is 0. The fraction of sp³-hybridized carbons (Fsp3) is 0.733. The van der Waals surface area contributed by atoms with E-state index in [1.807, 2.05) is 13.8 Å². The van der Waals surface area contributed by atoms with Crippen molar-refractivity contribution in [1.29, 1.82) is 0 Å². The lowest BCUT2D eigenvalue weighted by Gasteiger charge is -2.26. The molecule has 3 N–H and O–H groups in total. The van der Waals surface area contributed by atoms with Crippen molar-refractivity contribution in [3.63, 3.8) is 0 Å². The molecule has 6 heteroatoms. The van der Waals surface area contributed by atoms with E-state index < -0.39 is 0 Å². The van der Waals surface area contributed by atoms with E-state index in [1.54, 1.807) is 0 Å². The maximum atomic E-state index is 12.3. The van der Waals surface area contributed by atoms with Crippen LogP contribution in [0.5, 0.6) is 0 Å². The quantitative estimate of drug-likeness (QED) is 0.861. The number of nitrogens with one attached hydrogen (secondary N) is 1. The van der Waals surface area contributed by atoms with Crippen molar-refractivity contribution in [2.24, 2.45) is 17.6 Å². The molecule has 0 atom stereocenters. The van der Waals surface area contributed by atoms with Gasteiger partial charge in [0.2, 0.25) is 11.9 Å². The van der Waals surface area contributed by atoms with E-state index >= 15 is 0 Å². The molecular formula is C15H25N5O. The zero-order chi connectivity index (χ0) is 15.2. The molecule has 1 fully saturated rings. The Morgan fingerprint density at radius 1 is 1.14 bits per heavy atom. The van der Waals surface area contributed by atoms with Gasteiger partial charge in [0.1, 0.15) is 0 Å². The third-order valence-corrected chi connectivity index (χ3v) is 4.30. The largest absolute Gasteiger partial charge is 0.330 e. The molecule has 0 spiro atoms. The van der Waals surface area contributed by atoms with Crippen molar-refractivity contribution in [3.05, 3.63) is 11.4 Å². The Labute approximate surface area is 125 Å². The first-order valence-electron chi connectivity index (χ1n) is 7.91. The van der Waals surface area contributed by atoms with E-state index in [-0.39, 0.29) is 11.8 Å². The predicted molar refractivity (Wildman–Crippen MR) is 81.7 cm³/mol. The number of aryl methyl sites for hydroxylation is 2. The first kappa shape index (κ1) is 15.8. The van der Waals surface area contributed by atoms with E-state index in [4.69, 9.17) is 5.73 Å². The average molecular weight is 291 g/mol. The van der Waals surface area contributed by atoms with Crippen LogP contribution in [0.15, 0.2) is 0 Å². The van der Waals surface area contributed by atoms with Gasteiger partial charge in [0, 0.05) is 5.92 Å². The maximum Gasteiger partial charge on any atom is 0.249 e. The van der Waals surface area contributed by atoms with Gasteiger partial charge in [-0.3, -0.25) is 10.1 Å². The number of hydrogen-bond donors (Lipinski definition) is 2. The molecule has 1 aliphatic carbocycles. The highest BCUT2D eigenvalue weighted by molar-refractivity contribution is 5.90. The second-order valence-corrected chi connectivity index (χ2v) is 5.68. The molecule has 1 heterocycles. The first-order valence-corrected chi connectivity index (χ1v) is 7.91. The molecule has 0 aromatic carbocycles. The van der Waals surface area contributed by atoms with Crippen molar-refractivity contribution in [2.75, 3.05) is 11.9 Å². The highest BCUT2D eigenvalue weighted by Crippen LogP contribution is 2.28. The normalized spacial score (nSPS) is 22.0. The van der Waals surface area contributed by atoms with Gasteiger partial charge in [0.25, 0.3) is 0 Å². The van der Waals surface area contributed by atoms with E-state index in [0.717, 1.165) is 56.5 Å². The third kappa shape index (κ3) is 3.97. The van der Waals surface area contributed by atoms with Gasteiger partial charge in [-0.05, 0) is 51.0 Å². The van der Waals surface area contributed by atoms with Crippen LogP contribution in [0, 0.1) is 11.8 Å². The standard InChI is InChI=1S/C15H25N5O/c1-3-12-13(4-2)19-20-15(17-12)18-14(21)11-7-5-10(9-16)6-8-11/h10-11H,3-9,16H2,1-2H3,(H,17,18,20,21). The second kappa shape index (κ2) is 7.45. The van der Waals surface area contributed by atoms with Crippen molar-refractivity contribution >= 4 is 11.9 Å². The minimum absolute atomic E-state index is 0.0126. The van der Waals surface area contributed by atoms with Gasteiger partial charge >= 0.3 is 0 Å². The van der Waals surface area contributed by atoms with E-state index in [2.05, 4.69) is 20.5 Å². The third-order valence-electron chi connectivity index (χ3n) is 4.30. The summed E-state index contributed by atoms with van der Waals surface area (Å²) in [4.78, 5) is 16.7. The number of amides is 1. The summed E-state index contributed by atoms with van der Waals surface area (Å²) >= 11 is 0. The molecule has 2 rings (SSSR count). The lowest BCUT2D eigenvalue weighted by molar-refractivity contribution is -0.121. The van der Waals surface area contributed by atoms with Crippen LogP contribution >= 0.6 is 0 Å². The zero-order valence-electron chi connectivity index (χ0n) is 12.9. The van der Waals surface area contributed by atoms with Crippen LogP contribution in [0.4, 0.5) is 5.95 Å². The van der Waals surface area contributed by atoms with Crippen molar-refractivity contribution < 1.29 is 4.79 Å². The summed E-state index contributed by atoms with van der Waals surface area (Å²) in [6.45, 7) is 4.78. The molecule has 0 bridgehead atoms. The molecule has 1 aliphatic rings. The van der Waals surface area contributed by atoms with Crippen LogP contribution in [-0.2, 0) is 17.6 Å². The Hall–Kier alpha value is -1.56. The number of nitrogens with two attached hydrogens (primary N) is 1. The van der Waals surface area contributed by atoms with E-state index in [0.29, 0.717) is 11.9 Å². The van der Waals surface area contributed by atoms with Crippen LogP contribution in [0.1, 0.15) is 50.9 Å². The number of rotatable bonds is 5. The smallest absolute Gasteiger partial charge is 0.249 e. The first-order chi connectivity index (χ1) is 10.2. The summed E-state index contributed by atoms with van der Waals surface area (Å²) < 4.78 is 0. The summed E-state index contributed by atoms with van der Waals surface area (Å²) in [5, 5.41) is 11.0. The fourth-order valence-corrected chi connectivity index (χ4v) is 2.86. The highest BCUT2D eigenvalue weighted by atomic mass is 16.2. The Morgan fingerprint density at radius 2 is 1.81 bits per heavy atom. The van der Waals surface area contributed by atoms with Gasteiger partial charge in [0.15, 0.2) is 0 Å². The van der Waals surface area contributed by atoms with Crippen molar-refractivity contribution in [3.8, 4) is 0 Å². The van der Waals surface area contributed by atoms with Gasteiger partial charge in [0.05, 0.1) is 11.4 Å². The molecule has 1 aromatic rings. The minimum Gasteiger partial charge on any atom is -0.330 e. The van der Waals surface area contributed by atoms with Crippen LogP contribution in [-0.4, -0.2) is 27.6 Å². The Kier molecular flexibility index (Phi) is 5.61. The number of aromatic nitrogens is 3. The lowest BCUT2D eigenvalue weighted by atomic mass is 9.81. The van der Waals surface area contributed by atoms with Gasteiger partial charge in [-0.1, -0.05) is 13.8 Å². The molecule has 1 aromatic heterocycles. The van der Waals surface area contributed by atoms with Crippen LogP contribution in [0.3, 0.4) is 0 Å². The van der Waals surface area contributed by atoms with E-state index in [9.17, 15) is 4.79 Å². The van der Waals surface area contributed by atoms with Crippen LogP contribution in [0.25, 0.3) is 0 Å². The predicted octanol–water partition coefficient (Wildman–Crippen LogP) is 1.70. The molecule has 0 saturated heterocycles. The molecule has 0 aliphatic heterocycles. The fourth-order valence-electron chi connectivity index (χ4n) is 2.86. The number of carbonyl (C=O) groups is 1. The summed E-state index contributed by atoms with van der Waals surface area (Å²) in [6.07, 6.45) is 5.46. The number of nitrogens with zero attached hydrogens (tertiary/aromatic N) is 3. The zero-order valence-corrected chi connectivity index (χ0v) is 12.9. The molecule has 1 saturated carbocycles. The maximum absolute atomic E-state index is 12.3. The second-order valence-electron chi connectivity index (χ2n) is 5.68. The summed E-state index contributed by atoms with van der Waals surface area (Å²) in [7, 11) is 0. The number of anilines is 1. The molecular weight excluding hydrogens is 266 g/mol. The van der Waals surface area contributed by atoms with Gasteiger partial charge in [-0.15, -0.1) is 10.2 Å². The van der Waals surface area contributed by atoms with Gasteiger partial charge in [-0.2, -0.15) is 0 Å². The number of hydrogen-bond acceptors (Lipinski definition) is 5. The minimum atomic E-state index is 0.0126. The monoisotopic (exact) mass is 291 g/mol. The molecule has 116 valence electrons. The molecule has 0 unspecified atom stereocenters. The molecule has 21 heavy (non-hydrogen) atoms. The lowest BCUT2D eigenvalue weighted by Crippen LogP contribution is -2.30. The SMILES string of the molecule is CCc1nnc(NC(=O)C2CCC(CN)CC2)nc1CC. The van der Waals surface area contributed by atoms with Crippen LogP contribution in [0.2, 0.25) is 0 Å². The summed E-state index contributed by atoms with van der Waals surface area (Å²) in [5.41, 5.74) is 7.49.